The van der Waals surface area contributed by atoms with Gasteiger partial charge in [0.15, 0.2) is 0 Å². The Morgan fingerprint density at radius 2 is 1.94 bits per heavy atom. The molecule has 3 nitrogen and oxygen atoms in total. The molecule has 94 valence electrons. The van der Waals surface area contributed by atoms with Crippen molar-refractivity contribution in [3.63, 3.8) is 0 Å². The van der Waals surface area contributed by atoms with Crippen molar-refractivity contribution >= 4 is 22.3 Å². The fourth-order valence-electron chi connectivity index (χ4n) is 2.20. The van der Waals surface area contributed by atoms with Crippen LogP contribution >= 0.6 is 11.3 Å². The number of carboxylic acid groups (broad SMARTS) is 1. The molecule has 0 atom stereocenters. The van der Waals surface area contributed by atoms with E-state index in [0.29, 0.717) is 5.00 Å². The van der Waals surface area contributed by atoms with E-state index in [1.807, 2.05) is 39.0 Å². The monoisotopic (exact) mass is 261 g/mol. The number of rotatable bonds is 2. The van der Waals surface area contributed by atoms with Gasteiger partial charge in [0.25, 0.3) is 0 Å². The fraction of sp³-hybridized carbons (Fsp3) is 0.214. The van der Waals surface area contributed by atoms with Crippen molar-refractivity contribution in [1.29, 1.82) is 0 Å². The third-order valence-electron chi connectivity index (χ3n) is 2.98. The van der Waals surface area contributed by atoms with Crippen molar-refractivity contribution in [1.82, 2.24) is 0 Å². The zero-order valence-electron chi connectivity index (χ0n) is 10.6. The van der Waals surface area contributed by atoms with Gasteiger partial charge in [-0.1, -0.05) is 23.8 Å². The number of thiophene rings is 1. The van der Waals surface area contributed by atoms with Crippen molar-refractivity contribution < 1.29 is 9.90 Å². The average molecular weight is 261 g/mol. The highest BCUT2D eigenvalue weighted by Gasteiger charge is 2.21. The molecular formula is C14H15NO2S. The number of hydrogen-bond donors (Lipinski definition) is 2. The van der Waals surface area contributed by atoms with E-state index in [1.54, 1.807) is 0 Å². The largest absolute Gasteiger partial charge is 0.478 e. The van der Waals surface area contributed by atoms with Gasteiger partial charge in [0.05, 0.1) is 0 Å². The topological polar surface area (TPSA) is 63.3 Å². The van der Waals surface area contributed by atoms with Crippen LogP contribution in [0, 0.1) is 20.8 Å². The van der Waals surface area contributed by atoms with Crippen LogP contribution in [-0.2, 0) is 0 Å². The molecule has 0 aliphatic rings. The number of nitrogen functional groups attached to an aromatic ring is 1. The summed E-state index contributed by atoms with van der Waals surface area (Å²) in [5.74, 6) is -0.966. The molecule has 0 radical (unpaired) electrons. The highest BCUT2D eigenvalue weighted by Crippen LogP contribution is 2.39. The van der Waals surface area contributed by atoms with Crippen LogP contribution in [-0.4, -0.2) is 11.1 Å². The summed E-state index contributed by atoms with van der Waals surface area (Å²) in [7, 11) is 0. The summed E-state index contributed by atoms with van der Waals surface area (Å²) in [5, 5.41) is 9.66. The maximum atomic E-state index is 11.3. The molecule has 1 aromatic heterocycles. The van der Waals surface area contributed by atoms with E-state index in [1.165, 1.54) is 11.3 Å². The summed E-state index contributed by atoms with van der Waals surface area (Å²) in [4.78, 5) is 12.3. The number of anilines is 1. The predicted octanol–water partition coefficient (Wildman–Crippen LogP) is 3.62. The standard InChI is InChI=1S/C14H15NO2S/c1-7-4-5-10(8(2)6-7)11-9(3)18-13(15)12(11)14(16)17/h4-6H,15H2,1-3H3,(H,16,17). The second-order valence-electron chi connectivity index (χ2n) is 4.40. The fourth-order valence-corrected chi connectivity index (χ4v) is 3.13. The van der Waals surface area contributed by atoms with Crippen molar-refractivity contribution in [2.24, 2.45) is 0 Å². The number of carbonyl (C=O) groups is 1. The van der Waals surface area contributed by atoms with Crippen LogP contribution in [0.1, 0.15) is 26.4 Å². The van der Waals surface area contributed by atoms with Gasteiger partial charge < -0.3 is 10.8 Å². The number of aromatic carboxylic acids is 1. The second kappa shape index (κ2) is 4.46. The van der Waals surface area contributed by atoms with Crippen LogP contribution in [0.25, 0.3) is 11.1 Å². The number of aryl methyl sites for hydroxylation is 3. The Labute approximate surface area is 110 Å². The molecule has 2 aromatic rings. The maximum Gasteiger partial charge on any atom is 0.339 e. The summed E-state index contributed by atoms with van der Waals surface area (Å²) >= 11 is 1.33. The lowest BCUT2D eigenvalue weighted by Gasteiger charge is -2.08. The van der Waals surface area contributed by atoms with E-state index in [0.717, 1.165) is 27.1 Å². The van der Waals surface area contributed by atoms with E-state index in [-0.39, 0.29) is 5.56 Å². The number of hydrogen-bond acceptors (Lipinski definition) is 3. The van der Waals surface area contributed by atoms with Gasteiger partial charge in [0.1, 0.15) is 10.6 Å². The molecule has 0 saturated heterocycles. The number of benzene rings is 1. The lowest BCUT2D eigenvalue weighted by atomic mass is 9.96. The van der Waals surface area contributed by atoms with E-state index in [4.69, 9.17) is 5.73 Å². The Bertz CT molecular complexity index is 629. The number of carboxylic acids is 1. The maximum absolute atomic E-state index is 11.3. The Morgan fingerprint density at radius 1 is 1.28 bits per heavy atom. The molecule has 3 N–H and O–H groups in total. The van der Waals surface area contributed by atoms with E-state index in [2.05, 4.69) is 0 Å². The van der Waals surface area contributed by atoms with Gasteiger partial charge in [-0.3, -0.25) is 0 Å². The molecule has 0 aliphatic carbocycles. The zero-order chi connectivity index (χ0) is 13.4. The molecule has 0 unspecified atom stereocenters. The predicted molar refractivity (Wildman–Crippen MR) is 75.3 cm³/mol. The van der Waals surface area contributed by atoms with Crippen LogP contribution in [0.3, 0.4) is 0 Å². The van der Waals surface area contributed by atoms with E-state index in [9.17, 15) is 9.90 Å². The van der Waals surface area contributed by atoms with E-state index < -0.39 is 5.97 Å². The van der Waals surface area contributed by atoms with Gasteiger partial charge in [-0.15, -0.1) is 11.3 Å². The molecular weight excluding hydrogens is 246 g/mol. The van der Waals surface area contributed by atoms with Gasteiger partial charge in [-0.2, -0.15) is 0 Å². The third kappa shape index (κ3) is 1.99. The minimum atomic E-state index is -0.966. The van der Waals surface area contributed by atoms with Gasteiger partial charge in [0, 0.05) is 10.4 Å². The average Bonchev–Trinajstić information content (AvgIpc) is 2.53. The van der Waals surface area contributed by atoms with Gasteiger partial charge in [0.2, 0.25) is 0 Å². The first-order chi connectivity index (χ1) is 8.41. The molecule has 0 saturated carbocycles. The molecule has 4 heteroatoms. The summed E-state index contributed by atoms with van der Waals surface area (Å²) in [6.07, 6.45) is 0. The van der Waals surface area contributed by atoms with Crippen LogP contribution in [0.2, 0.25) is 0 Å². The second-order valence-corrected chi connectivity index (χ2v) is 5.65. The molecule has 1 aromatic carbocycles. The van der Waals surface area contributed by atoms with Crippen molar-refractivity contribution in [2.45, 2.75) is 20.8 Å². The number of nitrogens with two attached hydrogens (primary N) is 1. The summed E-state index contributed by atoms with van der Waals surface area (Å²) in [5.41, 5.74) is 9.95. The normalized spacial score (nSPS) is 10.6. The van der Waals surface area contributed by atoms with Crippen LogP contribution in [0.5, 0.6) is 0 Å². The molecule has 0 amide bonds. The quantitative estimate of drug-likeness (QED) is 0.867. The van der Waals surface area contributed by atoms with Gasteiger partial charge in [-0.05, 0) is 31.9 Å². The minimum Gasteiger partial charge on any atom is -0.478 e. The summed E-state index contributed by atoms with van der Waals surface area (Å²) in [6.45, 7) is 5.91. The zero-order valence-corrected chi connectivity index (χ0v) is 11.4. The SMILES string of the molecule is Cc1ccc(-c2c(C)sc(N)c2C(=O)O)c(C)c1. The smallest absolute Gasteiger partial charge is 0.339 e. The first-order valence-corrected chi connectivity index (χ1v) is 6.43. The summed E-state index contributed by atoms with van der Waals surface area (Å²) in [6, 6.07) is 6.00. The molecule has 1 heterocycles. The molecule has 0 fully saturated rings. The molecule has 0 bridgehead atoms. The van der Waals surface area contributed by atoms with Crippen molar-refractivity contribution in [3.05, 3.63) is 39.8 Å². The van der Waals surface area contributed by atoms with Crippen LogP contribution in [0.4, 0.5) is 5.00 Å². The highest BCUT2D eigenvalue weighted by molar-refractivity contribution is 7.16. The Balaban J connectivity index is 2.74. The lowest BCUT2D eigenvalue weighted by Crippen LogP contribution is -2.01. The Kier molecular flexibility index (Phi) is 3.13. The third-order valence-corrected chi connectivity index (χ3v) is 3.91. The molecule has 2 rings (SSSR count). The first-order valence-electron chi connectivity index (χ1n) is 5.61. The van der Waals surface area contributed by atoms with Crippen molar-refractivity contribution in [2.75, 3.05) is 5.73 Å². The van der Waals surface area contributed by atoms with Gasteiger partial charge in [-0.25, -0.2) is 4.79 Å². The first kappa shape index (κ1) is 12.6. The van der Waals surface area contributed by atoms with E-state index >= 15 is 0 Å². The molecule has 0 aliphatic heterocycles. The van der Waals surface area contributed by atoms with Gasteiger partial charge >= 0.3 is 5.97 Å². The van der Waals surface area contributed by atoms with Crippen LogP contribution < -0.4 is 5.73 Å². The van der Waals surface area contributed by atoms with Crippen LogP contribution in [0.15, 0.2) is 18.2 Å². The Morgan fingerprint density at radius 3 is 2.50 bits per heavy atom. The Hall–Kier alpha value is -1.81. The minimum absolute atomic E-state index is 0.226. The highest BCUT2D eigenvalue weighted by atomic mass is 32.1. The lowest BCUT2D eigenvalue weighted by molar-refractivity contribution is 0.0699. The summed E-state index contributed by atoms with van der Waals surface area (Å²) < 4.78 is 0. The van der Waals surface area contributed by atoms with Crippen molar-refractivity contribution in [3.8, 4) is 11.1 Å². The molecule has 0 spiro atoms. The molecule has 18 heavy (non-hydrogen) atoms.